The first-order valence-electron chi connectivity index (χ1n) is 4.63. The maximum atomic E-state index is 11.8. The molecule has 0 aliphatic carbocycles. The van der Waals surface area contributed by atoms with E-state index >= 15 is 0 Å². The molecule has 16 heavy (non-hydrogen) atoms. The van der Waals surface area contributed by atoms with E-state index in [4.69, 9.17) is 6.42 Å². The van der Waals surface area contributed by atoms with Gasteiger partial charge in [-0.2, -0.15) is 4.72 Å². The fraction of sp³-hybridized carbons (Fsp3) is 0.273. The fourth-order valence-electron chi connectivity index (χ4n) is 1.09. The number of terminal acetylenes is 1. The maximum Gasteiger partial charge on any atom is 0.241 e. The molecule has 0 saturated heterocycles. The predicted octanol–water partition coefficient (Wildman–Crippen LogP) is 1.88. The van der Waals surface area contributed by atoms with Crippen LogP contribution in [0.15, 0.2) is 29.2 Å². The smallest absolute Gasteiger partial charge is 0.207 e. The molecule has 1 atom stereocenters. The molecule has 1 aromatic rings. The lowest BCUT2D eigenvalue weighted by Gasteiger charge is -2.09. The van der Waals surface area contributed by atoms with Crippen molar-refractivity contribution >= 4 is 26.0 Å². The van der Waals surface area contributed by atoms with Crippen molar-refractivity contribution in [2.24, 2.45) is 0 Å². The molecule has 5 heteroatoms. The van der Waals surface area contributed by atoms with E-state index in [-0.39, 0.29) is 4.90 Å². The first-order valence-corrected chi connectivity index (χ1v) is 7.23. The van der Waals surface area contributed by atoms with Gasteiger partial charge in [0.25, 0.3) is 0 Å². The van der Waals surface area contributed by atoms with Crippen LogP contribution in [-0.2, 0) is 15.4 Å². The Morgan fingerprint density at radius 1 is 1.44 bits per heavy atom. The van der Waals surface area contributed by atoms with Crippen molar-refractivity contribution in [1.29, 1.82) is 0 Å². The third-order valence-electron chi connectivity index (χ3n) is 1.97. The number of hydrogen-bond acceptors (Lipinski definition) is 2. The van der Waals surface area contributed by atoms with Gasteiger partial charge in [-0.15, -0.1) is 6.42 Å². The monoisotopic (exact) mass is 301 g/mol. The highest BCUT2D eigenvalue weighted by Crippen LogP contribution is 2.12. The minimum atomic E-state index is -3.50. The molecule has 1 aromatic carbocycles. The minimum absolute atomic E-state index is 0.222. The molecule has 0 fully saturated rings. The van der Waals surface area contributed by atoms with E-state index in [9.17, 15) is 8.42 Å². The number of hydrogen-bond donors (Lipinski definition) is 1. The van der Waals surface area contributed by atoms with Crippen LogP contribution in [0.5, 0.6) is 0 Å². The summed E-state index contributed by atoms with van der Waals surface area (Å²) in [6.07, 6.45) is 5.12. The summed E-state index contributed by atoms with van der Waals surface area (Å²) in [5, 5.41) is 0.696. The highest BCUT2D eigenvalue weighted by atomic mass is 79.9. The number of halogens is 1. The second-order valence-corrected chi connectivity index (χ2v) is 5.56. The van der Waals surface area contributed by atoms with Gasteiger partial charge < -0.3 is 0 Å². The van der Waals surface area contributed by atoms with Crippen molar-refractivity contribution in [1.82, 2.24) is 4.72 Å². The molecule has 0 aliphatic rings. The van der Waals surface area contributed by atoms with Gasteiger partial charge in [0.05, 0.1) is 10.9 Å². The average molecular weight is 302 g/mol. The quantitative estimate of drug-likeness (QED) is 0.682. The number of sulfonamides is 1. The van der Waals surface area contributed by atoms with Crippen molar-refractivity contribution in [3.05, 3.63) is 29.8 Å². The summed E-state index contributed by atoms with van der Waals surface area (Å²) in [6, 6.07) is 6.11. The van der Waals surface area contributed by atoms with Crippen LogP contribution in [0.3, 0.4) is 0 Å². The zero-order valence-corrected chi connectivity index (χ0v) is 11.2. The Bertz CT molecular complexity index is 488. The maximum absolute atomic E-state index is 11.8. The van der Waals surface area contributed by atoms with E-state index in [0.29, 0.717) is 5.33 Å². The lowest BCUT2D eigenvalue weighted by atomic mass is 10.2. The Morgan fingerprint density at radius 2 is 2.00 bits per heavy atom. The van der Waals surface area contributed by atoms with E-state index in [1.807, 2.05) is 0 Å². The van der Waals surface area contributed by atoms with Crippen molar-refractivity contribution < 1.29 is 8.42 Å². The summed E-state index contributed by atoms with van der Waals surface area (Å²) in [6.45, 7) is 1.62. The highest BCUT2D eigenvalue weighted by molar-refractivity contribution is 9.08. The van der Waals surface area contributed by atoms with Gasteiger partial charge in [0, 0.05) is 5.33 Å². The second kappa shape index (κ2) is 5.48. The molecule has 0 heterocycles. The zero-order valence-electron chi connectivity index (χ0n) is 8.77. The summed E-state index contributed by atoms with van der Waals surface area (Å²) < 4.78 is 25.9. The Balaban J connectivity index is 2.95. The first kappa shape index (κ1) is 13.2. The summed E-state index contributed by atoms with van der Waals surface area (Å²) >= 11 is 3.29. The Labute approximate surface area is 104 Å². The molecule has 3 nitrogen and oxygen atoms in total. The van der Waals surface area contributed by atoms with Gasteiger partial charge in [0.1, 0.15) is 0 Å². The van der Waals surface area contributed by atoms with Crippen LogP contribution in [-0.4, -0.2) is 14.5 Å². The highest BCUT2D eigenvalue weighted by Gasteiger charge is 2.15. The Kier molecular flexibility index (Phi) is 4.54. The van der Waals surface area contributed by atoms with Crippen LogP contribution in [0.2, 0.25) is 0 Å². The molecule has 86 valence electrons. The Morgan fingerprint density at radius 3 is 2.44 bits per heavy atom. The number of benzene rings is 1. The molecule has 1 rings (SSSR count). The number of alkyl halides is 1. The molecule has 0 bridgehead atoms. The van der Waals surface area contributed by atoms with Crippen LogP contribution < -0.4 is 4.72 Å². The number of rotatable bonds is 4. The molecular formula is C11H12BrNO2S. The predicted molar refractivity (Wildman–Crippen MR) is 67.7 cm³/mol. The largest absolute Gasteiger partial charge is 0.241 e. The van der Waals surface area contributed by atoms with E-state index < -0.39 is 16.1 Å². The Hall–Kier alpha value is -0.830. The second-order valence-electron chi connectivity index (χ2n) is 3.29. The van der Waals surface area contributed by atoms with Gasteiger partial charge in [-0.3, -0.25) is 0 Å². The summed E-state index contributed by atoms with van der Waals surface area (Å²) in [5.41, 5.74) is 1.02. The average Bonchev–Trinajstić information content (AvgIpc) is 2.28. The first-order chi connectivity index (χ1) is 7.49. The summed E-state index contributed by atoms with van der Waals surface area (Å²) in [7, 11) is -3.50. The molecular weight excluding hydrogens is 290 g/mol. The van der Waals surface area contributed by atoms with E-state index in [1.54, 1.807) is 31.2 Å². The molecule has 0 aromatic heterocycles. The van der Waals surface area contributed by atoms with Crippen LogP contribution in [0.25, 0.3) is 0 Å². The van der Waals surface area contributed by atoms with E-state index in [1.165, 1.54) is 0 Å². The van der Waals surface area contributed by atoms with Gasteiger partial charge in [0.2, 0.25) is 10.0 Å². The van der Waals surface area contributed by atoms with Gasteiger partial charge in [-0.1, -0.05) is 34.0 Å². The molecule has 1 unspecified atom stereocenters. The van der Waals surface area contributed by atoms with Crippen molar-refractivity contribution in [2.45, 2.75) is 23.2 Å². The lowest BCUT2D eigenvalue weighted by molar-refractivity contribution is 0.577. The van der Waals surface area contributed by atoms with Crippen molar-refractivity contribution in [2.75, 3.05) is 0 Å². The minimum Gasteiger partial charge on any atom is -0.207 e. The molecule has 0 radical (unpaired) electrons. The molecule has 0 amide bonds. The van der Waals surface area contributed by atoms with Gasteiger partial charge in [-0.05, 0) is 24.6 Å². The van der Waals surface area contributed by atoms with Crippen molar-refractivity contribution in [3.8, 4) is 12.3 Å². The molecule has 0 saturated carbocycles. The van der Waals surface area contributed by atoms with E-state index in [2.05, 4.69) is 26.6 Å². The van der Waals surface area contributed by atoms with Crippen molar-refractivity contribution in [3.63, 3.8) is 0 Å². The van der Waals surface area contributed by atoms with Crippen LogP contribution in [0.4, 0.5) is 0 Å². The van der Waals surface area contributed by atoms with E-state index in [0.717, 1.165) is 5.56 Å². The molecule has 0 aliphatic heterocycles. The lowest BCUT2D eigenvalue weighted by Crippen LogP contribution is -2.31. The molecule has 1 N–H and O–H groups in total. The SMILES string of the molecule is C#CC(C)NS(=O)(=O)c1ccc(CBr)cc1. The fourth-order valence-corrected chi connectivity index (χ4v) is 2.63. The van der Waals surface area contributed by atoms with Gasteiger partial charge in [0.15, 0.2) is 0 Å². The van der Waals surface area contributed by atoms with Crippen LogP contribution >= 0.6 is 15.9 Å². The zero-order chi connectivity index (χ0) is 12.2. The third kappa shape index (κ3) is 3.34. The number of nitrogens with one attached hydrogen (secondary N) is 1. The van der Waals surface area contributed by atoms with Crippen LogP contribution in [0.1, 0.15) is 12.5 Å². The topological polar surface area (TPSA) is 46.2 Å². The standard InChI is InChI=1S/C11H12BrNO2S/c1-3-9(2)13-16(14,15)11-6-4-10(8-12)5-7-11/h1,4-7,9,13H,8H2,2H3. The van der Waals surface area contributed by atoms with Gasteiger partial charge >= 0.3 is 0 Å². The summed E-state index contributed by atoms with van der Waals surface area (Å²) in [5.74, 6) is 2.32. The summed E-state index contributed by atoms with van der Waals surface area (Å²) in [4.78, 5) is 0.222. The van der Waals surface area contributed by atoms with Gasteiger partial charge in [-0.25, -0.2) is 8.42 Å². The third-order valence-corrected chi connectivity index (χ3v) is 4.17. The normalized spacial score (nSPS) is 13.1. The molecule has 0 spiro atoms. The van der Waals surface area contributed by atoms with Crippen LogP contribution in [0, 0.1) is 12.3 Å².